The van der Waals surface area contributed by atoms with Gasteiger partial charge < -0.3 is 0 Å². The first-order valence-corrected chi connectivity index (χ1v) is 6.15. The third kappa shape index (κ3) is 1.72. The molecule has 3 rings (SSSR count). The smallest absolute Gasteiger partial charge is 0.144 e. The van der Waals surface area contributed by atoms with Gasteiger partial charge >= 0.3 is 0 Å². The molecular formula is C14H12N2S. The maximum absolute atomic E-state index is 4.66. The second kappa shape index (κ2) is 4.26. The van der Waals surface area contributed by atoms with Crippen LogP contribution >= 0.6 is 12.6 Å². The van der Waals surface area contributed by atoms with E-state index in [4.69, 9.17) is 0 Å². The Morgan fingerprint density at radius 3 is 2.53 bits per heavy atom. The van der Waals surface area contributed by atoms with Gasteiger partial charge in [-0.2, -0.15) is 12.6 Å². The molecule has 0 N–H and O–H groups in total. The summed E-state index contributed by atoms with van der Waals surface area (Å²) in [4.78, 5) is 4.66. The van der Waals surface area contributed by atoms with Gasteiger partial charge in [0.25, 0.3) is 0 Å². The minimum Gasteiger partial charge on any atom is -0.299 e. The summed E-state index contributed by atoms with van der Waals surface area (Å²) in [6, 6.07) is 16.3. The molecule has 0 saturated heterocycles. The Balaban J connectivity index is 2.31. The van der Waals surface area contributed by atoms with E-state index in [9.17, 15) is 0 Å². The Morgan fingerprint density at radius 1 is 1.00 bits per heavy atom. The fourth-order valence-corrected chi connectivity index (χ4v) is 2.24. The zero-order valence-electron chi connectivity index (χ0n) is 9.24. The lowest BCUT2D eigenvalue weighted by molar-refractivity contribution is 1.16. The molecule has 3 heteroatoms. The van der Waals surface area contributed by atoms with Crippen LogP contribution < -0.4 is 0 Å². The number of aromatic nitrogens is 2. The number of hydrogen-bond acceptors (Lipinski definition) is 2. The fraction of sp³-hybridized carbons (Fsp3) is 0.0714. The minimum atomic E-state index is 0.653. The normalized spacial score (nSPS) is 10.9. The van der Waals surface area contributed by atoms with Crippen molar-refractivity contribution in [3.63, 3.8) is 0 Å². The molecule has 0 bridgehead atoms. The second-order valence-corrected chi connectivity index (χ2v) is 4.18. The van der Waals surface area contributed by atoms with Gasteiger partial charge in [-0.15, -0.1) is 0 Å². The van der Waals surface area contributed by atoms with Crippen molar-refractivity contribution in [1.29, 1.82) is 0 Å². The number of rotatable bonds is 2. The summed E-state index contributed by atoms with van der Waals surface area (Å²) in [7, 11) is 0. The highest BCUT2D eigenvalue weighted by atomic mass is 32.1. The second-order valence-electron chi connectivity index (χ2n) is 3.86. The highest BCUT2D eigenvalue weighted by Crippen LogP contribution is 2.23. The van der Waals surface area contributed by atoms with Crippen LogP contribution in [0.4, 0.5) is 0 Å². The molecule has 0 saturated carbocycles. The van der Waals surface area contributed by atoms with Gasteiger partial charge in [-0.25, -0.2) is 4.98 Å². The Morgan fingerprint density at radius 2 is 1.76 bits per heavy atom. The molecule has 2 heterocycles. The number of fused-ring (bicyclic) bond motifs is 1. The highest BCUT2D eigenvalue weighted by Gasteiger charge is 2.10. The summed E-state index contributed by atoms with van der Waals surface area (Å²) in [6.45, 7) is 0. The molecule has 1 aromatic carbocycles. The molecule has 0 aliphatic rings. The van der Waals surface area contributed by atoms with Crippen molar-refractivity contribution in [2.45, 2.75) is 5.75 Å². The molecule has 0 aliphatic heterocycles. The van der Waals surface area contributed by atoms with Crippen molar-refractivity contribution in [1.82, 2.24) is 9.38 Å². The van der Waals surface area contributed by atoms with Gasteiger partial charge in [0.1, 0.15) is 5.82 Å². The summed E-state index contributed by atoms with van der Waals surface area (Å²) >= 11 is 4.34. The van der Waals surface area contributed by atoms with Crippen LogP contribution in [0.3, 0.4) is 0 Å². The number of benzene rings is 1. The topological polar surface area (TPSA) is 17.3 Å². The van der Waals surface area contributed by atoms with Gasteiger partial charge in [-0.05, 0) is 12.1 Å². The molecule has 0 spiro atoms. The third-order valence-electron chi connectivity index (χ3n) is 2.81. The number of imidazole rings is 1. The van der Waals surface area contributed by atoms with Crippen molar-refractivity contribution in [3.05, 3.63) is 60.4 Å². The Hall–Kier alpha value is -1.74. The van der Waals surface area contributed by atoms with Gasteiger partial charge in [0, 0.05) is 17.5 Å². The van der Waals surface area contributed by atoms with Crippen LogP contribution in [-0.2, 0) is 5.75 Å². The number of thiol groups is 1. The van der Waals surface area contributed by atoms with Crippen LogP contribution in [-0.4, -0.2) is 9.38 Å². The van der Waals surface area contributed by atoms with E-state index in [-0.39, 0.29) is 0 Å². The fourth-order valence-electron chi connectivity index (χ4n) is 2.01. The maximum atomic E-state index is 4.66. The molecule has 0 aliphatic carbocycles. The molecule has 0 atom stereocenters. The predicted molar refractivity (Wildman–Crippen MR) is 73.3 cm³/mol. The summed E-state index contributed by atoms with van der Waals surface area (Å²) in [5.41, 5.74) is 3.27. The molecule has 0 amide bonds. The molecule has 3 aromatic rings. The lowest BCUT2D eigenvalue weighted by Crippen LogP contribution is -1.87. The largest absolute Gasteiger partial charge is 0.299 e. The summed E-state index contributed by atoms with van der Waals surface area (Å²) in [5.74, 6) is 1.63. The van der Waals surface area contributed by atoms with Crippen LogP contribution in [0.2, 0.25) is 0 Å². The first kappa shape index (κ1) is 10.4. The Kier molecular flexibility index (Phi) is 2.61. The quantitative estimate of drug-likeness (QED) is 0.679. The minimum absolute atomic E-state index is 0.653. The standard InChI is InChI=1S/C14H12N2S/c17-10-12-13-8-4-5-9-16(13)14(15-12)11-6-2-1-3-7-11/h1-9,17H,10H2. The van der Waals surface area contributed by atoms with E-state index in [1.54, 1.807) is 0 Å². The summed E-state index contributed by atoms with van der Waals surface area (Å²) in [5, 5.41) is 0. The number of hydrogen-bond donors (Lipinski definition) is 1. The van der Waals surface area contributed by atoms with Crippen molar-refractivity contribution in [2.75, 3.05) is 0 Å². The average molecular weight is 240 g/mol. The van der Waals surface area contributed by atoms with Crippen LogP contribution in [0.1, 0.15) is 5.69 Å². The van der Waals surface area contributed by atoms with Crippen LogP contribution in [0.25, 0.3) is 16.9 Å². The molecule has 0 fully saturated rings. The Labute approximate surface area is 105 Å². The lowest BCUT2D eigenvalue weighted by Gasteiger charge is -2.00. The average Bonchev–Trinajstić information content (AvgIpc) is 2.78. The number of pyridine rings is 1. The van der Waals surface area contributed by atoms with Gasteiger partial charge in [-0.3, -0.25) is 4.40 Å². The first-order chi connectivity index (χ1) is 8.40. The Bertz CT molecular complexity index is 644. The molecular weight excluding hydrogens is 228 g/mol. The van der Waals surface area contributed by atoms with E-state index in [0.29, 0.717) is 5.75 Å². The zero-order valence-corrected chi connectivity index (χ0v) is 10.1. The highest BCUT2D eigenvalue weighted by molar-refractivity contribution is 7.79. The van der Waals surface area contributed by atoms with E-state index >= 15 is 0 Å². The summed E-state index contributed by atoms with van der Waals surface area (Å²) in [6.07, 6.45) is 2.04. The van der Waals surface area contributed by atoms with Crippen LogP contribution in [0, 0.1) is 0 Å². The van der Waals surface area contributed by atoms with Gasteiger partial charge in [0.05, 0.1) is 11.2 Å². The maximum Gasteiger partial charge on any atom is 0.144 e. The van der Waals surface area contributed by atoms with Gasteiger partial charge in [0.2, 0.25) is 0 Å². The van der Waals surface area contributed by atoms with E-state index < -0.39 is 0 Å². The first-order valence-electron chi connectivity index (χ1n) is 5.52. The monoisotopic (exact) mass is 240 g/mol. The molecule has 0 unspecified atom stereocenters. The molecule has 0 radical (unpaired) electrons. The predicted octanol–water partition coefficient (Wildman–Crippen LogP) is 3.43. The van der Waals surface area contributed by atoms with Gasteiger partial charge in [0.15, 0.2) is 0 Å². The molecule has 84 valence electrons. The van der Waals surface area contributed by atoms with Gasteiger partial charge in [-0.1, -0.05) is 36.4 Å². The van der Waals surface area contributed by atoms with Crippen molar-refractivity contribution >= 4 is 18.1 Å². The summed E-state index contributed by atoms with van der Waals surface area (Å²) < 4.78 is 2.11. The third-order valence-corrected chi connectivity index (χ3v) is 3.11. The van der Waals surface area contributed by atoms with E-state index in [1.165, 1.54) is 0 Å². The number of nitrogens with zero attached hydrogens (tertiary/aromatic N) is 2. The lowest BCUT2D eigenvalue weighted by atomic mass is 10.2. The molecule has 2 aromatic heterocycles. The van der Waals surface area contributed by atoms with Crippen molar-refractivity contribution in [2.24, 2.45) is 0 Å². The van der Waals surface area contributed by atoms with Crippen LogP contribution in [0.15, 0.2) is 54.7 Å². The van der Waals surface area contributed by atoms with Crippen LogP contribution in [0.5, 0.6) is 0 Å². The SMILES string of the molecule is SCc1nc(-c2ccccc2)n2ccccc12. The zero-order chi connectivity index (χ0) is 11.7. The molecule has 17 heavy (non-hydrogen) atoms. The van der Waals surface area contributed by atoms with E-state index in [0.717, 1.165) is 22.6 Å². The van der Waals surface area contributed by atoms with Crippen molar-refractivity contribution in [3.8, 4) is 11.4 Å². The van der Waals surface area contributed by atoms with Crippen molar-refractivity contribution < 1.29 is 0 Å². The van der Waals surface area contributed by atoms with E-state index in [1.807, 2.05) is 36.5 Å². The van der Waals surface area contributed by atoms with E-state index in [2.05, 4.69) is 40.2 Å². The molecule has 2 nitrogen and oxygen atoms in total.